The summed E-state index contributed by atoms with van der Waals surface area (Å²) in [6.07, 6.45) is 5.48. The second kappa shape index (κ2) is 8.66. The van der Waals surface area contributed by atoms with E-state index in [1.165, 1.54) is 0 Å². The molecule has 8 nitrogen and oxygen atoms in total. The van der Waals surface area contributed by atoms with Crippen LogP contribution in [0.4, 0.5) is 11.4 Å². The highest BCUT2D eigenvalue weighted by Crippen LogP contribution is 2.37. The number of ketones is 1. The molecule has 0 aliphatic carbocycles. The molecule has 2 N–H and O–H groups in total. The molecule has 1 aliphatic rings. The lowest BCUT2D eigenvalue weighted by molar-refractivity contribution is -0.120. The van der Waals surface area contributed by atoms with Crippen molar-refractivity contribution in [1.29, 1.82) is 0 Å². The summed E-state index contributed by atoms with van der Waals surface area (Å²) in [5.74, 6) is 1.52. The number of aliphatic imine (C=N–C) groups is 1. The van der Waals surface area contributed by atoms with Crippen LogP contribution in [0.1, 0.15) is 13.3 Å². The summed E-state index contributed by atoms with van der Waals surface area (Å²) in [4.78, 5) is 23.0. The van der Waals surface area contributed by atoms with Gasteiger partial charge in [-0.2, -0.15) is 0 Å². The molecule has 1 atom stereocenters. The molecule has 0 amide bonds. The molecule has 0 fully saturated rings. The van der Waals surface area contributed by atoms with Gasteiger partial charge in [0.15, 0.2) is 5.78 Å². The zero-order valence-corrected chi connectivity index (χ0v) is 18.5. The normalized spacial score (nSPS) is 17.8. The van der Waals surface area contributed by atoms with Crippen molar-refractivity contribution < 1.29 is 19.0 Å². The zero-order chi connectivity index (χ0) is 22.7. The van der Waals surface area contributed by atoms with Gasteiger partial charge in [-0.05, 0) is 6.07 Å². The highest BCUT2D eigenvalue weighted by atomic mass is 16.5. The Morgan fingerprint density at radius 1 is 1.09 bits per heavy atom. The van der Waals surface area contributed by atoms with E-state index in [-0.39, 0.29) is 12.2 Å². The van der Waals surface area contributed by atoms with Crippen molar-refractivity contribution in [3.05, 3.63) is 60.7 Å². The molecule has 0 saturated carbocycles. The van der Waals surface area contributed by atoms with Crippen LogP contribution in [-0.2, 0) is 9.53 Å². The van der Waals surface area contributed by atoms with Gasteiger partial charge in [0.05, 0.1) is 39.4 Å². The van der Waals surface area contributed by atoms with Crippen molar-refractivity contribution in [3.8, 4) is 11.5 Å². The second-order valence-electron chi connectivity index (χ2n) is 7.29. The van der Waals surface area contributed by atoms with Crippen LogP contribution >= 0.6 is 0 Å². The first-order valence-corrected chi connectivity index (χ1v) is 10.3. The van der Waals surface area contributed by atoms with Crippen molar-refractivity contribution in [1.82, 2.24) is 4.98 Å². The van der Waals surface area contributed by atoms with E-state index < -0.39 is 5.66 Å². The molecule has 2 aromatic carbocycles. The molecule has 0 bridgehead atoms. The van der Waals surface area contributed by atoms with E-state index in [0.717, 1.165) is 16.6 Å². The van der Waals surface area contributed by atoms with E-state index in [1.807, 2.05) is 54.4 Å². The first-order valence-electron chi connectivity index (χ1n) is 10.3. The maximum Gasteiger partial charge on any atom is 0.229 e. The molecule has 0 saturated heterocycles. The van der Waals surface area contributed by atoms with Crippen molar-refractivity contribution in [2.24, 2.45) is 4.99 Å². The monoisotopic (exact) mass is 434 g/mol. The minimum atomic E-state index is -1.29. The predicted octanol–water partition coefficient (Wildman–Crippen LogP) is 4.31. The molecule has 4 rings (SSSR count). The minimum Gasteiger partial charge on any atom is -0.497 e. The molecule has 1 unspecified atom stereocenters. The highest BCUT2D eigenvalue weighted by Gasteiger charge is 2.44. The Hall–Kier alpha value is -3.94. The molecule has 166 valence electrons. The lowest BCUT2D eigenvalue weighted by atomic mass is 9.98. The number of carbonyl (C=O) groups is 1. The van der Waals surface area contributed by atoms with Gasteiger partial charge in [0.2, 0.25) is 11.5 Å². The summed E-state index contributed by atoms with van der Waals surface area (Å²) < 4.78 is 16.2. The number of rotatable bonds is 8. The Morgan fingerprint density at radius 2 is 1.81 bits per heavy atom. The summed E-state index contributed by atoms with van der Waals surface area (Å²) in [7, 11) is 4.71. The van der Waals surface area contributed by atoms with Gasteiger partial charge in [0, 0.05) is 47.4 Å². The Balaban J connectivity index is 1.89. The fraction of sp³-hybridized carbons (Fsp3) is 0.250. The van der Waals surface area contributed by atoms with Crippen LogP contribution in [0.25, 0.3) is 10.9 Å². The Morgan fingerprint density at radius 3 is 2.47 bits per heavy atom. The number of para-hydroxylation sites is 1. The van der Waals surface area contributed by atoms with Gasteiger partial charge >= 0.3 is 0 Å². The molecular formula is C24H26N4O4. The Bertz CT molecular complexity index is 1180. The van der Waals surface area contributed by atoms with E-state index in [0.29, 0.717) is 23.1 Å². The number of nitrogens with zero attached hydrogens (tertiary/aromatic N) is 2. The van der Waals surface area contributed by atoms with Crippen LogP contribution in [0.3, 0.4) is 0 Å². The zero-order valence-electron chi connectivity index (χ0n) is 18.5. The minimum absolute atomic E-state index is 0.0697. The number of methoxy groups -OCH3 is 3. The average molecular weight is 434 g/mol. The summed E-state index contributed by atoms with van der Waals surface area (Å²) in [6.45, 7) is 1.83. The number of ether oxygens (including phenoxy) is 3. The van der Waals surface area contributed by atoms with E-state index >= 15 is 0 Å². The largest absolute Gasteiger partial charge is 0.497 e. The van der Waals surface area contributed by atoms with Crippen LogP contribution < -0.4 is 19.7 Å². The van der Waals surface area contributed by atoms with E-state index in [2.05, 4.69) is 15.3 Å². The first kappa shape index (κ1) is 21.3. The molecular weight excluding hydrogens is 408 g/mol. The van der Waals surface area contributed by atoms with Gasteiger partial charge in [-0.15, -0.1) is 0 Å². The number of carbonyl (C=O) groups excluding carboxylic acids is 1. The number of anilines is 2. The molecule has 0 spiro atoms. The van der Waals surface area contributed by atoms with Gasteiger partial charge in [0.1, 0.15) is 11.5 Å². The van der Waals surface area contributed by atoms with Crippen molar-refractivity contribution in [2.75, 3.05) is 31.5 Å². The van der Waals surface area contributed by atoms with E-state index in [9.17, 15) is 4.79 Å². The van der Waals surface area contributed by atoms with Crippen molar-refractivity contribution in [2.45, 2.75) is 19.0 Å². The first-order chi connectivity index (χ1) is 15.5. The number of nitrogens with one attached hydrogen (secondary N) is 2. The summed E-state index contributed by atoms with van der Waals surface area (Å²) in [5.41, 5.74) is 1.12. The lowest BCUT2D eigenvalue weighted by Gasteiger charge is -2.42. The third-order valence-electron chi connectivity index (χ3n) is 5.47. The van der Waals surface area contributed by atoms with Gasteiger partial charge in [0.25, 0.3) is 0 Å². The smallest absolute Gasteiger partial charge is 0.229 e. The third-order valence-corrected chi connectivity index (χ3v) is 5.47. The van der Waals surface area contributed by atoms with E-state index in [1.54, 1.807) is 39.8 Å². The number of aromatic amines is 1. The van der Waals surface area contributed by atoms with Crippen LogP contribution in [-0.4, -0.2) is 44.0 Å². The van der Waals surface area contributed by atoms with Crippen molar-refractivity contribution in [3.63, 3.8) is 0 Å². The maximum absolute atomic E-state index is 13.5. The number of H-pyrrole nitrogens is 1. The number of hydrogen-bond donors (Lipinski definition) is 2. The van der Waals surface area contributed by atoms with Crippen LogP contribution in [0.5, 0.6) is 11.5 Å². The van der Waals surface area contributed by atoms with Gasteiger partial charge in [-0.25, -0.2) is 4.99 Å². The van der Waals surface area contributed by atoms with Gasteiger partial charge in [-0.3, -0.25) is 4.79 Å². The number of Topliss-reactive ketones (excluding diaryl/α,β-unsaturated/α-hetero) is 1. The molecule has 32 heavy (non-hydrogen) atoms. The predicted molar refractivity (Wildman–Crippen MR) is 126 cm³/mol. The van der Waals surface area contributed by atoms with E-state index in [4.69, 9.17) is 14.2 Å². The fourth-order valence-electron chi connectivity index (χ4n) is 3.82. The summed E-state index contributed by atoms with van der Waals surface area (Å²) >= 11 is 0. The third kappa shape index (κ3) is 3.64. The fourth-order valence-corrected chi connectivity index (χ4v) is 3.82. The molecule has 1 aliphatic heterocycles. The number of aromatic nitrogens is 1. The molecule has 3 aromatic rings. The number of hydrogen-bond acceptors (Lipinski definition) is 7. The molecule has 0 radical (unpaired) electrons. The second-order valence-corrected chi connectivity index (χ2v) is 7.29. The average Bonchev–Trinajstić information content (AvgIpc) is 3.27. The summed E-state index contributed by atoms with van der Waals surface area (Å²) in [6, 6.07) is 13.3. The van der Waals surface area contributed by atoms with Crippen molar-refractivity contribution >= 4 is 34.3 Å². The molecule has 8 heteroatoms. The number of benzene rings is 2. The Kier molecular flexibility index (Phi) is 5.77. The topological polar surface area (TPSA) is 88.2 Å². The molecule has 1 aromatic heterocycles. The SMILES string of the molecule is CCC(=O)C1(Nc2cc(OC)cc(OC)c2)C=NC(OC)=CN1c1c[nH]c2ccccc12. The van der Waals surface area contributed by atoms with Crippen LogP contribution in [0.15, 0.2) is 65.7 Å². The van der Waals surface area contributed by atoms with Gasteiger partial charge in [-0.1, -0.05) is 25.1 Å². The number of fused-ring (bicyclic) bond motifs is 1. The maximum atomic E-state index is 13.5. The van der Waals surface area contributed by atoms with Gasteiger partial charge < -0.3 is 29.4 Å². The quantitative estimate of drug-likeness (QED) is 0.549. The standard InChI is InChI=1S/C24H26N4O4/c1-5-22(29)24(27-16-10-17(30-2)12-18(11-16)31-3)15-26-23(32-4)14-28(24)21-13-25-20-9-7-6-8-19(20)21/h6-15,25,27H,5H2,1-4H3. The molecule has 2 heterocycles. The van der Waals surface area contributed by atoms with Crippen LogP contribution in [0, 0.1) is 0 Å². The van der Waals surface area contributed by atoms with Crippen LogP contribution in [0.2, 0.25) is 0 Å². The lowest BCUT2D eigenvalue weighted by Crippen LogP contribution is -2.61. The Labute approximate surface area is 186 Å². The highest BCUT2D eigenvalue weighted by molar-refractivity contribution is 6.12. The summed E-state index contributed by atoms with van der Waals surface area (Å²) in [5, 5.41) is 4.36.